The van der Waals surface area contributed by atoms with Crippen LogP contribution in [-0.4, -0.2) is 18.2 Å². The molecule has 1 aromatic carbocycles. The molecule has 2 rings (SSSR count). The van der Waals surface area contributed by atoms with Crippen LogP contribution in [0.4, 0.5) is 0 Å². The van der Waals surface area contributed by atoms with Gasteiger partial charge in [-0.3, -0.25) is 4.68 Å². The van der Waals surface area contributed by atoms with E-state index in [1.54, 1.807) is 23.0 Å². The van der Waals surface area contributed by atoms with Crippen LogP contribution in [0.1, 0.15) is 6.92 Å². The molecule has 0 aliphatic rings. The SMILES string of the molecule is CCn1cc2cccc(S(=O)(=O)Cl)c2n1. The van der Waals surface area contributed by atoms with Crippen molar-refractivity contribution in [2.24, 2.45) is 0 Å². The van der Waals surface area contributed by atoms with Crippen molar-refractivity contribution in [3.63, 3.8) is 0 Å². The number of nitrogens with zero attached hydrogens (tertiary/aromatic N) is 2. The molecule has 0 saturated carbocycles. The van der Waals surface area contributed by atoms with E-state index in [-0.39, 0.29) is 4.90 Å². The number of benzene rings is 1. The van der Waals surface area contributed by atoms with Gasteiger partial charge in [-0.1, -0.05) is 12.1 Å². The fraction of sp³-hybridized carbons (Fsp3) is 0.222. The van der Waals surface area contributed by atoms with Crippen LogP contribution in [0.25, 0.3) is 10.9 Å². The molecule has 0 bridgehead atoms. The highest BCUT2D eigenvalue weighted by molar-refractivity contribution is 8.14. The highest BCUT2D eigenvalue weighted by Crippen LogP contribution is 2.24. The standard InChI is InChI=1S/C9H9ClN2O2S/c1-2-12-6-7-4-3-5-8(9(7)11-12)15(10,13)14/h3-6H,2H2,1H3. The minimum Gasteiger partial charge on any atom is -0.272 e. The second-order valence-corrected chi connectivity index (χ2v) is 5.65. The maximum atomic E-state index is 11.3. The van der Waals surface area contributed by atoms with Crippen molar-refractivity contribution in [3.8, 4) is 0 Å². The van der Waals surface area contributed by atoms with E-state index in [4.69, 9.17) is 10.7 Å². The van der Waals surface area contributed by atoms with Crippen LogP contribution in [0.15, 0.2) is 29.3 Å². The predicted molar refractivity (Wildman–Crippen MR) is 58.4 cm³/mol. The van der Waals surface area contributed by atoms with Crippen molar-refractivity contribution < 1.29 is 8.42 Å². The van der Waals surface area contributed by atoms with Gasteiger partial charge in [-0.15, -0.1) is 0 Å². The molecule has 0 unspecified atom stereocenters. The van der Waals surface area contributed by atoms with Crippen LogP contribution < -0.4 is 0 Å². The minimum atomic E-state index is -3.73. The Morgan fingerprint density at radius 3 is 2.80 bits per heavy atom. The molecule has 0 aliphatic carbocycles. The van der Waals surface area contributed by atoms with Crippen molar-refractivity contribution in [2.75, 3.05) is 0 Å². The van der Waals surface area contributed by atoms with Gasteiger partial charge in [-0.25, -0.2) is 8.42 Å². The van der Waals surface area contributed by atoms with Crippen LogP contribution in [0.5, 0.6) is 0 Å². The molecule has 0 atom stereocenters. The average molecular weight is 245 g/mol. The van der Waals surface area contributed by atoms with Gasteiger partial charge < -0.3 is 0 Å². The van der Waals surface area contributed by atoms with Crippen molar-refractivity contribution in [3.05, 3.63) is 24.4 Å². The molecule has 4 nitrogen and oxygen atoms in total. The van der Waals surface area contributed by atoms with E-state index in [1.807, 2.05) is 6.92 Å². The zero-order valence-electron chi connectivity index (χ0n) is 8.01. The Balaban J connectivity index is 2.81. The highest BCUT2D eigenvalue weighted by Gasteiger charge is 2.16. The third-order valence-electron chi connectivity index (χ3n) is 2.13. The third-order valence-corrected chi connectivity index (χ3v) is 3.49. The van der Waals surface area contributed by atoms with Crippen molar-refractivity contribution in [2.45, 2.75) is 18.4 Å². The molecule has 80 valence electrons. The molecule has 0 fully saturated rings. The molecule has 2 aromatic rings. The van der Waals surface area contributed by atoms with Crippen molar-refractivity contribution in [1.29, 1.82) is 0 Å². The van der Waals surface area contributed by atoms with Gasteiger partial charge >= 0.3 is 0 Å². The lowest BCUT2D eigenvalue weighted by molar-refractivity contribution is 0.609. The van der Waals surface area contributed by atoms with Gasteiger partial charge in [0.2, 0.25) is 0 Å². The molecule has 0 radical (unpaired) electrons. The van der Waals surface area contributed by atoms with Gasteiger partial charge in [-0.05, 0) is 13.0 Å². The fourth-order valence-electron chi connectivity index (χ4n) is 1.43. The van der Waals surface area contributed by atoms with E-state index in [9.17, 15) is 8.42 Å². The largest absolute Gasteiger partial charge is 0.272 e. The molecule has 0 N–H and O–H groups in total. The fourth-order valence-corrected chi connectivity index (χ4v) is 2.43. The predicted octanol–water partition coefficient (Wildman–Crippen LogP) is 1.98. The van der Waals surface area contributed by atoms with E-state index < -0.39 is 9.05 Å². The maximum absolute atomic E-state index is 11.3. The molecule has 6 heteroatoms. The van der Waals surface area contributed by atoms with Gasteiger partial charge in [0.15, 0.2) is 0 Å². The summed E-state index contributed by atoms with van der Waals surface area (Å²) < 4.78 is 24.2. The van der Waals surface area contributed by atoms with Gasteiger partial charge in [0, 0.05) is 28.8 Å². The van der Waals surface area contributed by atoms with Crippen LogP contribution in [0.2, 0.25) is 0 Å². The lowest BCUT2D eigenvalue weighted by atomic mass is 10.3. The zero-order valence-corrected chi connectivity index (χ0v) is 9.59. The summed E-state index contributed by atoms with van der Waals surface area (Å²) in [6, 6.07) is 4.91. The molecule has 0 spiro atoms. The van der Waals surface area contributed by atoms with Crippen molar-refractivity contribution in [1.82, 2.24) is 9.78 Å². The summed E-state index contributed by atoms with van der Waals surface area (Å²) >= 11 is 0. The molecular weight excluding hydrogens is 236 g/mol. The van der Waals surface area contributed by atoms with Gasteiger partial charge in [0.25, 0.3) is 9.05 Å². The number of halogens is 1. The third kappa shape index (κ3) is 1.85. The Bertz CT molecular complexity index is 604. The Hall–Kier alpha value is -1.07. The van der Waals surface area contributed by atoms with E-state index in [1.165, 1.54) is 6.07 Å². The lowest BCUT2D eigenvalue weighted by Crippen LogP contribution is -1.95. The monoisotopic (exact) mass is 244 g/mol. The van der Waals surface area contributed by atoms with Crippen LogP contribution in [0, 0.1) is 0 Å². The maximum Gasteiger partial charge on any atom is 0.263 e. The Kier molecular flexibility index (Phi) is 2.44. The van der Waals surface area contributed by atoms with Crippen LogP contribution in [0.3, 0.4) is 0 Å². The number of aryl methyl sites for hydroxylation is 1. The van der Waals surface area contributed by atoms with E-state index in [0.29, 0.717) is 12.1 Å². The minimum absolute atomic E-state index is 0.0638. The van der Waals surface area contributed by atoms with E-state index in [0.717, 1.165) is 5.39 Å². The van der Waals surface area contributed by atoms with Crippen LogP contribution in [-0.2, 0) is 15.6 Å². The Morgan fingerprint density at radius 2 is 2.20 bits per heavy atom. The summed E-state index contributed by atoms with van der Waals surface area (Å²) in [7, 11) is 1.59. The van der Waals surface area contributed by atoms with Gasteiger partial charge in [-0.2, -0.15) is 5.10 Å². The Morgan fingerprint density at radius 1 is 1.47 bits per heavy atom. The van der Waals surface area contributed by atoms with E-state index in [2.05, 4.69) is 5.10 Å². The number of aromatic nitrogens is 2. The number of fused-ring (bicyclic) bond motifs is 1. The van der Waals surface area contributed by atoms with Gasteiger partial charge in [0.05, 0.1) is 0 Å². The topological polar surface area (TPSA) is 52.0 Å². The van der Waals surface area contributed by atoms with Crippen molar-refractivity contribution >= 4 is 30.6 Å². The smallest absolute Gasteiger partial charge is 0.263 e. The molecule has 0 aliphatic heterocycles. The lowest BCUT2D eigenvalue weighted by Gasteiger charge is -1.95. The molecule has 0 saturated heterocycles. The normalized spacial score (nSPS) is 12.1. The second-order valence-electron chi connectivity index (χ2n) is 3.12. The first-order chi connectivity index (χ1) is 7.02. The number of hydrogen-bond acceptors (Lipinski definition) is 3. The summed E-state index contributed by atoms with van der Waals surface area (Å²) in [5.74, 6) is 0. The first-order valence-corrected chi connectivity index (χ1v) is 6.74. The highest BCUT2D eigenvalue weighted by atomic mass is 35.7. The number of hydrogen-bond donors (Lipinski definition) is 0. The first kappa shape index (κ1) is 10.4. The molecular formula is C9H9ClN2O2S. The number of rotatable bonds is 2. The quantitative estimate of drug-likeness (QED) is 0.759. The first-order valence-electron chi connectivity index (χ1n) is 4.43. The summed E-state index contributed by atoms with van der Waals surface area (Å²) in [6.07, 6.45) is 1.79. The Labute approximate surface area is 91.9 Å². The summed E-state index contributed by atoms with van der Waals surface area (Å²) in [4.78, 5) is 0.0638. The summed E-state index contributed by atoms with van der Waals surface area (Å²) in [5.41, 5.74) is 0.425. The summed E-state index contributed by atoms with van der Waals surface area (Å²) in [5, 5.41) is 4.93. The zero-order chi connectivity index (χ0) is 11.1. The second kappa shape index (κ2) is 3.50. The van der Waals surface area contributed by atoms with Gasteiger partial charge in [0.1, 0.15) is 10.4 Å². The molecule has 1 heterocycles. The molecule has 15 heavy (non-hydrogen) atoms. The van der Waals surface area contributed by atoms with Crippen LogP contribution >= 0.6 is 10.7 Å². The average Bonchev–Trinajstić information content (AvgIpc) is 2.57. The molecule has 0 amide bonds. The summed E-state index contributed by atoms with van der Waals surface area (Å²) in [6.45, 7) is 2.62. The molecule has 1 aromatic heterocycles. The van der Waals surface area contributed by atoms with E-state index >= 15 is 0 Å².